The molecule has 1 heterocycles. The summed E-state index contributed by atoms with van der Waals surface area (Å²) in [5, 5.41) is 15.4. The molecule has 2 aliphatic rings. The van der Waals surface area contributed by atoms with E-state index in [9.17, 15) is 9.59 Å². The van der Waals surface area contributed by atoms with Gasteiger partial charge in [0.25, 0.3) is 0 Å². The quantitative estimate of drug-likeness (QED) is 0.885. The SMILES string of the molecule is Cc1csc(C2(NC(=O)C3CCC(C(=O)O)CC3)CCCC2)n1. The largest absolute Gasteiger partial charge is 0.481 e. The van der Waals surface area contributed by atoms with Crippen molar-refractivity contribution in [2.75, 3.05) is 0 Å². The van der Waals surface area contributed by atoms with Crippen LogP contribution in [0.25, 0.3) is 0 Å². The molecule has 1 amide bonds. The van der Waals surface area contributed by atoms with E-state index in [1.54, 1.807) is 11.3 Å². The monoisotopic (exact) mass is 336 g/mol. The van der Waals surface area contributed by atoms with Gasteiger partial charge < -0.3 is 10.4 Å². The Morgan fingerprint density at radius 1 is 1.22 bits per heavy atom. The summed E-state index contributed by atoms with van der Waals surface area (Å²) in [6.45, 7) is 1.98. The van der Waals surface area contributed by atoms with E-state index in [1.807, 2.05) is 12.3 Å². The number of aliphatic carboxylic acids is 1. The highest BCUT2D eigenvalue weighted by Gasteiger charge is 2.41. The van der Waals surface area contributed by atoms with Gasteiger partial charge in [-0.25, -0.2) is 4.98 Å². The third-order valence-corrected chi connectivity index (χ3v) is 6.46. The number of aromatic nitrogens is 1. The molecule has 0 saturated heterocycles. The first-order valence-corrected chi connectivity index (χ1v) is 9.35. The molecular formula is C17H24N2O3S. The third kappa shape index (κ3) is 3.42. The first-order valence-electron chi connectivity index (χ1n) is 8.48. The Labute approximate surface area is 140 Å². The molecule has 1 aromatic heterocycles. The smallest absolute Gasteiger partial charge is 0.306 e. The summed E-state index contributed by atoms with van der Waals surface area (Å²) in [6, 6.07) is 0. The molecule has 2 saturated carbocycles. The van der Waals surface area contributed by atoms with Gasteiger partial charge in [-0.3, -0.25) is 9.59 Å². The lowest BCUT2D eigenvalue weighted by molar-refractivity contribution is -0.144. The molecule has 2 aliphatic carbocycles. The van der Waals surface area contributed by atoms with E-state index in [0.29, 0.717) is 25.7 Å². The van der Waals surface area contributed by atoms with Crippen LogP contribution in [0, 0.1) is 18.8 Å². The maximum Gasteiger partial charge on any atom is 0.306 e. The van der Waals surface area contributed by atoms with E-state index in [2.05, 4.69) is 10.3 Å². The number of carbonyl (C=O) groups excluding carboxylic acids is 1. The fourth-order valence-electron chi connectivity index (χ4n) is 3.89. The number of nitrogens with one attached hydrogen (secondary N) is 1. The molecule has 2 fully saturated rings. The Bertz CT molecular complexity index is 584. The average molecular weight is 336 g/mol. The first-order chi connectivity index (χ1) is 11.0. The summed E-state index contributed by atoms with van der Waals surface area (Å²) in [4.78, 5) is 28.4. The van der Waals surface area contributed by atoms with Crippen molar-refractivity contribution in [3.63, 3.8) is 0 Å². The van der Waals surface area contributed by atoms with Crippen LogP contribution < -0.4 is 5.32 Å². The number of amides is 1. The van der Waals surface area contributed by atoms with Gasteiger partial charge in [-0.05, 0) is 45.4 Å². The summed E-state index contributed by atoms with van der Waals surface area (Å²) < 4.78 is 0. The lowest BCUT2D eigenvalue weighted by Crippen LogP contribution is -2.47. The summed E-state index contributed by atoms with van der Waals surface area (Å²) >= 11 is 1.64. The minimum absolute atomic E-state index is 0.0517. The van der Waals surface area contributed by atoms with Crippen molar-refractivity contribution >= 4 is 23.2 Å². The van der Waals surface area contributed by atoms with Gasteiger partial charge in [0.1, 0.15) is 5.01 Å². The lowest BCUT2D eigenvalue weighted by atomic mass is 9.81. The predicted molar refractivity (Wildman–Crippen MR) is 88.2 cm³/mol. The Kier molecular flexibility index (Phi) is 4.71. The Balaban J connectivity index is 1.67. The van der Waals surface area contributed by atoms with Gasteiger partial charge in [0.05, 0.1) is 11.5 Å². The lowest BCUT2D eigenvalue weighted by Gasteiger charge is -2.32. The number of carboxylic acid groups (broad SMARTS) is 1. The van der Waals surface area contributed by atoms with Gasteiger partial charge in [0.15, 0.2) is 0 Å². The standard InChI is InChI=1S/C17H24N2O3S/c1-11-10-23-16(18-11)17(8-2-3-9-17)19-14(20)12-4-6-13(7-5-12)15(21)22/h10,12-13H,2-9H2,1H3,(H,19,20)(H,21,22). The van der Waals surface area contributed by atoms with E-state index in [-0.39, 0.29) is 23.3 Å². The molecule has 0 aliphatic heterocycles. The minimum atomic E-state index is -0.727. The molecule has 1 aromatic rings. The number of carboxylic acids is 1. The fraction of sp³-hybridized carbons (Fsp3) is 0.706. The molecule has 0 bridgehead atoms. The normalized spacial score (nSPS) is 26.8. The average Bonchev–Trinajstić information content (AvgIpc) is 3.17. The number of rotatable bonds is 4. The van der Waals surface area contributed by atoms with Gasteiger partial charge in [0, 0.05) is 17.0 Å². The highest BCUT2D eigenvalue weighted by molar-refractivity contribution is 7.09. The van der Waals surface area contributed by atoms with Gasteiger partial charge >= 0.3 is 5.97 Å². The number of thiazole rings is 1. The number of hydrogen-bond donors (Lipinski definition) is 2. The second-order valence-electron chi connectivity index (χ2n) is 6.96. The molecule has 23 heavy (non-hydrogen) atoms. The zero-order valence-electron chi connectivity index (χ0n) is 13.5. The predicted octanol–water partition coefficient (Wildman–Crippen LogP) is 3.23. The molecule has 0 radical (unpaired) electrons. The molecule has 126 valence electrons. The summed E-state index contributed by atoms with van der Waals surface area (Å²) in [6.07, 6.45) is 6.71. The number of hydrogen-bond acceptors (Lipinski definition) is 4. The molecule has 2 N–H and O–H groups in total. The van der Waals surface area contributed by atoms with E-state index in [0.717, 1.165) is 36.4 Å². The zero-order chi connectivity index (χ0) is 16.4. The second-order valence-corrected chi connectivity index (χ2v) is 7.82. The number of aryl methyl sites for hydroxylation is 1. The number of nitrogens with zero attached hydrogens (tertiary/aromatic N) is 1. The molecule has 3 rings (SSSR count). The Morgan fingerprint density at radius 3 is 2.35 bits per heavy atom. The molecule has 0 atom stereocenters. The Hall–Kier alpha value is -1.43. The van der Waals surface area contributed by atoms with Crippen molar-refractivity contribution < 1.29 is 14.7 Å². The molecule has 0 spiro atoms. The van der Waals surface area contributed by atoms with Gasteiger partial charge in [0.2, 0.25) is 5.91 Å². The van der Waals surface area contributed by atoms with Crippen LogP contribution in [-0.2, 0) is 15.1 Å². The Morgan fingerprint density at radius 2 is 1.83 bits per heavy atom. The molecular weight excluding hydrogens is 312 g/mol. The molecule has 6 heteroatoms. The van der Waals surface area contributed by atoms with E-state index < -0.39 is 5.97 Å². The summed E-state index contributed by atoms with van der Waals surface area (Å²) in [7, 11) is 0. The van der Waals surface area contributed by atoms with Crippen LogP contribution in [0.4, 0.5) is 0 Å². The van der Waals surface area contributed by atoms with Crippen LogP contribution in [0.2, 0.25) is 0 Å². The van der Waals surface area contributed by atoms with E-state index in [1.165, 1.54) is 0 Å². The van der Waals surface area contributed by atoms with Crippen molar-refractivity contribution in [3.8, 4) is 0 Å². The maximum atomic E-state index is 12.7. The third-order valence-electron chi connectivity index (χ3n) is 5.30. The van der Waals surface area contributed by atoms with Crippen LogP contribution in [0.3, 0.4) is 0 Å². The van der Waals surface area contributed by atoms with Crippen molar-refractivity contribution in [2.24, 2.45) is 11.8 Å². The first kappa shape index (κ1) is 16.4. The topological polar surface area (TPSA) is 79.3 Å². The van der Waals surface area contributed by atoms with Crippen molar-refractivity contribution in [2.45, 2.75) is 63.8 Å². The summed E-state index contributed by atoms with van der Waals surface area (Å²) in [5.74, 6) is -0.969. The van der Waals surface area contributed by atoms with Crippen molar-refractivity contribution in [3.05, 3.63) is 16.1 Å². The summed E-state index contributed by atoms with van der Waals surface area (Å²) in [5.41, 5.74) is 0.715. The van der Waals surface area contributed by atoms with Crippen LogP contribution in [-0.4, -0.2) is 22.0 Å². The van der Waals surface area contributed by atoms with Crippen LogP contribution in [0.5, 0.6) is 0 Å². The molecule has 0 unspecified atom stereocenters. The van der Waals surface area contributed by atoms with Gasteiger partial charge in [-0.15, -0.1) is 11.3 Å². The maximum absolute atomic E-state index is 12.7. The highest BCUT2D eigenvalue weighted by Crippen LogP contribution is 2.41. The van der Waals surface area contributed by atoms with Crippen molar-refractivity contribution in [1.29, 1.82) is 0 Å². The van der Waals surface area contributed by atoms with Crippen LogP contribution in [0.1, 0.15) is 62.1 Å². The molecule has 0 aromatic carbocycles. The highest BCUT2D eigenvalue weighted by atomic mass is 32.1. The molecule has 5 nitrogen and oxygen atoms in total. The zero-order valence-corrected chi connectivity index (χ0v) is 14.3. The van der Waals surface area contributed by atoms with E-state index in [4.69, 9.17) is 5.11 Å². The van der Waals surface area contributed by atoms with Crippen LogP contribution >= 0.6 is 11.3 Å². The fourth-order valence-corrected chi connectivity index (χ4v) is 4.90. The van der Waals surface area contributed by atoms with Crippen LogP contribution in [0.15, 0.2) is 5.38 Å². The minimum Gasteiger partial charge on any atom is -0.481 e. The second kappa shape index (κ2) is 6.59. The number of carbonyl (C=O) groups is 2. The van der Waals surface area contributed by atoms with Gasteiger partial charge in [-0.1, -0.05) is 12.8 Å². The van der Waals surface area contributed by atoms with Gasteiger partial charge in [-0.2, -0.15) is 0 Å². The van der Waals surface area contributed by atoms with E-state index >= 15 is 0 Å². The van der Waals surface area contributed by atoms with Crippen molar-refractivity contribution in [1.82, 2.24) is 10.3 Å².